The number of hydrogen-bond donors (Lipinski definition) is 2. The number of rotatable bonds is 14. The van der Waals surface area contributed by atoms with E-state index in [1.54, 1.807) is 0 Å². The fourth-order valence-corrected chi connectivity index (χ4v) is 5.57. The van der Waals surface area contributed by atoms with E-state index in [1.165, 1.54) is 22.9 Å². The maximum atomic E-state index is 11.2. The molecule has 42 heavy (non-hydrogen) atoms. The number of carboxylic acids is 1. The molecule has 7 heteroatoms. The Bertz CT molecular complexity index is 1290. The highest BCUT2D eigenvalue weighted by molar-refractivity contribution is 6.28. The van der Waals surface area contributed by atoms with Crippen LogP contribution in [0, 0.1) is 23.2 Å². The Labute approximate surface area is 252 Å². The van der Waals surface area contributed by atoms with E-state index in [2.05, 4.69) is 70.1 Å². The van der Waals surface area contributed by atoms with Gasteiger partial charge in [0, 0.05) is 18.2 Å². The summed E-state index contributed by atoms with van der Waals surface area (Å²) in [6, 6.07) is 0. The van der Waals surface area contributed by atoms with Gasteiger partial charge in [-0.25, -0.2) is 0 Å². The van der Waals surface area contributed by atoms with Gasteiger partial charge in [0.1, 0.15) is 19.8 Å². The number of aliphatic carboxylic acids is 1. The highest BCUT2D eigenvalue weighted by atomic mass is 16.5. The van der Waals surface area contributed by atoms with Crippen molar-refractivity contribution in [3.8, 4) is 0 Å². The van der Waals surface area contributed by atoms with Crippen LogP contribution in [0.2, 0.25) is 0 Å². The predicted molar refractivity (Wildman–Crippen MR) is 173 cm³/mol. The third-order valence-corrected chi connectivity index (χ3v) is 7.86. The molecule has 0 aromatic carbocycles. The Kier molecular flexibility index (Phi) is 13.2. The summed E-state index contributed by atoms with van der Waals surface area (Å²) < 4.78 is 14.0. The van der Waals surface area contributed by atoms with Crippen LogP contribution in [0.1, 0.15) is 74.1 Å². The zero-order chi connectivity index (χ0) is 31.6. The number of carbonyl (C=O) groups is 1. The molecule has 4 atom stereocenters. The lowest BCUT2D eigenvalue weighted by Crippen LogP contribution is -2.23. The van der Waals surface area contributed by atoms with Crippen molar-refractivity contribution in [1.82, 2.24) is 0 Å². The zero-order valence-electron chi connectivity index (χ0n) is 26.8. The molecule has 0 amide bonds. The number of nitrogens with zero attached hydrogens (tertiary/aromatic N) is 2. The summed E-state index contributed by atoms with van der Waals surface area (Å²) in [5, 5.41) is 16.6. The maximum Gasteiger partial charge on any atom is 0.373 e. The van der Waals surface area contributed by atoms with Gasteiger partial charge in [0.2, 0.25) is 0 Å². The molecule has 0 radical (unpaired) electrons. The lowest BCUT2D eigenvalue weighted by atomic mass is 9.76. The molecule has 1 saturated heterocycles. The Morgan fingerprint density at radius 3 is 2.60 bits per heavy atom. The van der Waals surface area contributed by atoms with Crippen molar-refractivity contribution in [2.45, 2.75) is 80.3 Å². The predicted octanol–water partition coefficient (Wildman–Crippen LogP) is 7.80. The molecule has 0 bridgehead atoms. The molecule has 2 aliphatic rings. The number of hydrogen-bond acceptors (Lipinski definition) is 5. The standard InChI is InChI=1S/C35H49N3O4/c1-11-13-14-31(34-23(4)17-29(18-24(34)5)28(9)37-25(6)20-36)22(3)15-16-26(7)42-32(12-2)38(10)35-27(8)30(21-41-35)19-33(39)40/h11-14,17,20,22,24,26,30,36H,8-9,15-16,18-19,21H2,1-7,10H3/p+1. The van der Waals surface area contributed by atoms with Crippen molar-refractivity contribution in [3.05, 3.63) is 83.0 Å². The van der Waals surface area contributed by atoms with Crippen molar-refractivity contribution in [3.63, 3.8) is 0 Å². The molecule has 1 heterocycles. The van der Waals surface area contributed by atoms with E-state index in [0.29, 0.717) is 41.5 Å². The van der Waals surface area contributed by atoms with Crippen LogP contribution in [0.25, 0.3) is 0 Å². The minimum absolute atomic E-state index is 0.00169. The summed E-state index contributed by atoms with van der Waals surface area (Å²) in [5.41, 5.74) is 7.12. The first-order valence-electron chi connectivity index (χ1n) is 14.8. The number of carboxylic acid groups (broad SMARTS) is 1. The summed E-state index contributed by atoms with van der Waals surface area (Å²) in [7, 11) is 1.86. The monoisotopic (exact) mass is 576 g/mol. The molecule has 2 rings (SSSR count). The average molecular weight is 577 g/mol. The molecule has 0 spiro atoms. The van der Waals surface area contributed by atoms with Gasteiger partial charge < -0.3 is 20.0 Å². The van der Waals surface area contributed by atoms with Gasteiger partial charge in [-0.05, 0) is 88.0 Å². The van der Waals surface area contributed by atoms with Gasteiger partial charge in [-0.15, -0.1) is 4.58 Å². The summed E-state index contributed by atoms with van der Waals surface area (Å²) in [5.74, 6) is 0.752. The molecule has 0 aromatic heterocycles. The summed E-state index contributed by atoms with van der Waals surface area (Å²) in [4.78, 5) is 15.7. The van der Waals surface area contributed by atoms with Gasteiger partial charge in [-0.3, -0.25) is 9.79 Å². The second kappa shape index (κ2) is 16.0. The van der Waals surface area contributed by atoms with E-state index in [1.807, 2.05) is 38.5 Å². The quantitative estimate of drug-likeness (QED) is 0.0955. The molecule has 0 saturated carbocycles. The highest BCUT2D eigenvalue weighted by Crippen LogP contribution is 2.40. The van der Waals surface area contributed by atoms with Crippen molar-refractivity contribution >= 4 is 23.8 Å². The number of ether oxygens (including phenoxy) is 2. The van der Waals surface area contributed by atoms with E-state index in [-0.39, 0.29) is 18.4 Å². The van der Waals surface area contributed by atoms with E-state index < -0.39 is 5.97 Å². The van der Waals surface area contributed by atoms with E-state index >= 15 is 0 Å². The number of aliphatic imine (C=N–C) groups is 1. The maximum absolute atomic E-state index is 11.2. The summed E-state index contributed by atoms with van der Waals surface area (Å²) in [6.07, 6.45) is 14.4. The van der Waals surface area contributed by atoms with Crippen LogP contribution in [-0.2, 0) is 14.3 Å². The van der Waals surface area contributed by atoms with Gasteiger partial charge in [0.05, 0.1) is 23.4 Å². The second-order valence-electron chi connectivity index (χ2n) is 11.4. The van der Waals surface area contributed by atoms with E-state index in [4.69, 9.17) is 14.9 Å². The minimum Gasteiger partial charge on any atom is -0.481 e. The van der Waals surface area contributed by atoms with Gasteiger partial charge in [-0.1, -0.05) is 51.3 Å². The minimum atomic E-state index is -0.861. The highest BCUT2D eigenvalue weighted by Gasteiger charge is 2.36. The Hall–Kier alpha value is -3.74. The summed E-state index contributed by atoms with van der Waals surface area (Å²) in [6.45, 7) is 23.1. The van der Waals surface area contributed by atoms with Gasteiger partial charge >= 0.3 is 17.8 Å². The third kappa shape index (κ3) is 9.13. The van der Waals surface area contributed by atoms with Crippen LogP contribution in [0.15, 0.2) is 88.0 Å². The Morgan fingerprint density at radius 2 is 2.02 bits per heavy atom. The third-order valence-electron chi connectivity index (χ3n) is 7.86. The molecule has 2 N–H and O–H groups in total. The first-order chi connectivity index (χ1) is 19.8. The normalized spacial score (nSPS) is 23.0. The van der Waals surface area contributed by atoms with E-state index in [0.717, 1.165) is 30.5 Å². The molecule has 1 aliphatic carbocycles. The lowest BCUT2D eigenvalue weighted by Gasteiger charge is -2.30. The SMILES string of the molecule is C=C(N=C(C)C=N)C1=CC(C)=C(C(=CC=CC)C(C)CCC(C)OC(=CC)[N+](C)=C2OCC(CC(=O)O)C2=C)C(C)C1. The van der Waals surface area contributed by atoms with Crippen LogP contribution < -0.4 is 0 Å². The van der Waals surface area contributed by atoms with E-state index in [9.17, 15) is 9.90 Å². The van der Waals surface area contributed by atoms with Crippen LogP contribution in [0.3, 0.4) is 0 Å². The molecule has 0 aromatic rings. The fraction of sp³-hybridized carbons (Fsp3) is 0.486. The smallest absolute Gasteiger partial charge is 0.373 e. The first-order valence-corrected chi connectivity index (χ1v) is 14.8. The van der Waals surface area contributed by atoms with Crippen molar-refractivity contribution in [2.75, 3.05) is 13.7 Å². The number of nitrogens with one attached hydrogen (secondary N) is 1. The number of allylic oxidation sites excluding steroid dienone is 9. The lowest BCUT2D eigenvalue weighted by molar-refractivity contribution is -0.491. The Morgan fingerprint density at radius 1 is 1.33 bits per heavy atom. The van der Waals surface area contributed by atoms with Gasteiger partial charge in [0.15, 0.2) is 0 Å². The molecule has 1 fully saturated rings. The van der Waals surface area contributed by atoms with Crippen molar-refractivity contribution in [1.29, 1.82) is 5.41 Å². The summed E-state index contributed by atoms with van der Waals surface area (Å²) >= 11 is 0. The molecule has 1 aliphatic heterocycles. The van der Waals surface area contributed by atoms with Crippen LogP contribution in [-0.4, -0.2) is 53.2 Å². The molecule has 228 valence electrons. The molecule has 4 unspecified atom stereocenters. The largest absolute Gasteiger partial charge is 0.481 e. The molecular formula is C35H50N3O4+. The van der Waals surface area contributed by atoms with Crippen LogP contribution >= 0.6 is 0 Å². The van der Waals surface area contributed by atoms with Crippen molar-refractivity contribution in [2.24, 2.45) is 22.7 Å². The Balaban J connectivity index is 2.19. The van der Waals surface area contributed by atoms with Gasteiger partial charge in [-0.2, -0.15) is 0 Å². The topological polar surface area (TPSA) is 95.0 Å². The van der Waals surface area contributed by atoms with Gasteiger partial charge in [0.25, 0.3) is 0 Å². The molecule has 7 nitrogen and oxygen atoms in total. The zero-order valence-corrected chi connectivity index (χ0v) is 26.8. The first kappa shape index (κ1) is 34.5. The molecular weight excluding hydrogens is 526 g/mol. The second-order valence-corrected chi connectivity index (χ2v) is 11.4. The fourth-order valence-electron chi connectivity index (χ4n) is 5.57. The van der Waals surface area contributed by atoms with Crippen LogP contribution in [0.4, 0.5) is 0 Å². The average Bonchev–Trinajstić information content (AvgIpc) is 3.29. The van der Waals surface area contributed by atoms with Crippen LogP contribution in [0.5, 0.6) is 0 Å². The van der Waals surface area contributed by atoms with Crippen molar-refractivity contribution < 1.29 is 24.0 Å².